The average molecular weight is 282 g/mol. The van der Waals surface area contributed by atoms with E-state index in [9.17, 15) is 4.79 Å². The van der Waals surface area contributed by atoms with Gasteiger partial charge in [0, 0.05) is 0 Å². The van der Waals surface area contributed by atoms with E-state index in [0.29, 0.717) is 5.76 Å². The van der Waals surface area contributed by atoms with Gasteiger partial charge in [-0.1, -0.05) is 30.3 Å². The molecule has 3 rings (SSSR count). The van der Waals surface area contributed by atoms with Crippen LogP contribution in [0.3, 0.4) is 0 Å². The van der Waals surface area contributed by atoms with Gasteiger partial charge in [-0.3, -0.25) is 10.2 Å². The molecule has 0 aliphatic heterocycles. The number of fused-ring (bicyclic) bond motifs is 1. The standard InChI is InChI=1S/C17H18N2O2/c1-2-10-17(11-9-13-6-3-4-7-14(13)17)19-18-16(20)15-8-5-12-21-15/h2-8,12,19H,1,9-11H2,(H,18,20). The second-order valence-corrected chi connectivity index (χ2v) is 5.29. The third kappa shape index (κ3) is 2.50. The van der Waals surface area contributed by atoms with Crippen LogP contribution < -0.4 is 10.9 Å². The molecule has 1 aliphatic carbocycles. The lowest BCUT2D eigenvalue weighted by molar-refractivity contribution is 0.0873. The average Bonchev–Trinajstić information content (AvgIpc) is 3.15. The zero-order valence-corrected chi connectivity index (χ0v) is 11.8. The van der Waals surface area contributed by atoms with E-state index in [1.54, 1.807) is 12.1 Å². The number of amides is 1. The number of nitrogens with one attached hydrogen (secondary N) is 2. The van der Waals surface area contributed by atoms with Crippen molar-refractivity contribution in [1.82, 2.24) is 10.9 Å². The molecule has 1 aliphatic rings. The first-order chi connectivity index (χ1) is 10.2. The molecule has 0 fully saturated rings. The highest BCUT2D eigenvalue weighted by Crippen LogP contribution is 2.39. The van der Waals surface area contributed by atoms with Crippen molar-refractivity contribution in [3.8, 4) is 0 Å². The number of furan rings is 1. The largest absolute Gasteiger partial charge is 0.459 e. The summed E-state index contributed by atoms with van der Waals surface area (Å²) in [6.45, 7) is 3.85. The number of carbonyl (C=O) groups is 1. The normalized spacial score (nSPS) is 20.0. The highest BCUT2D eigenvalue weighted by atomic mass is 16.3. The van der Waals surface area contributed by atoms with E-state index in [-0.39, 0.29) is 11.4 Å². The van der Waals surface area contributed by atoms with E-state index < -0.39 is 0 Å². The number of rotatable bonds is 5. The number of hydrogen-bond donors (Lipinski definition) is 2. The minimum absolute atomic E-state index is 0.271. The molecule has 1 heterocycles. The molecule has 0 radical (unpaired) electrons. The van der Waals surface area contributed by atoms with Crippen LogP contribution in [0.1, 0.15) is 34.5 Å². The van der Waals surface area contributed by atoms with Crippen LogP contribution in [0.2, 0.25) is 0 Å². The molecule has 2 aromatic rings. The first-order valence-corrected chi connectivity index (χ1v) is 7.05. The van der Waals surface area contributed by atoms with E-state index in [0.717, 1.165) is 19.3 Å². The molecule has 1 unspecified atom stereocenters. The molecule has 21 heavy (non-hydrogen) atoms. The van der Waals surface area contributed by atoms with Gasteiger partial charge in [0.1, 0.15) is 0 Å². The Bertz CT molecular complexity index is 649. The van der Waals surface area contributed by atoms with Crippen molar-refractivity contribution >= 4 is 5.91 Å². The van der Waals surface area contributed by atoms with Gasteiger partial charge in [-0.2, -0.15) is 0 Å². The Balaban J connectivity index is 1.80. The maximum Gasteiger partial charge on any atom is 0.301 e. The molecule has 4 nitrogen and oxygen atoms in total. The molecule has 4 heteroatoms. The zero-order valence-electron chi connectivity index (χ0n) is 11.8. The predicted octanol–water partition coefficient (Wildman–Crippen LogP) is 2.93. The van der Waals surface area contributed by atoms with Gasteiger partial charge in [0.2, 0.25) is 0 Å². The van der Waals surface area contributed by atoms with E-state index >= 15 is 0 Å². The van der Waals surface area contributed by atoms with Gasteiger partial charge in [0.15, 0.2) is 5.76 Å². The number of benzene rings is 1. The number of hydrogen-bond acceptors (Lipinski definition) is 3. The maximum atomic E-state index is 12.0. The Morgan fingerprint density at radius 3 is 2.95 bits per heavy atom. The fourth-order valence-electron chi connectivity index (χ4n) is 2.97. The molecule has 1 aromatic heterocycles. The van der Waals surface area contributed by atoms with Crippen LogP contribution >= 0.6 is 0 Å². The summed E-state index contributed by atoms with van der Waals surface area (Å²) in [5, 5.41) is 0. The maximum absolute atomic E-state index is 12.0. The first-order valence-electron chi connectivity index (χ1n) is 7.05. The van der Waals surface area contributed by atoms with Crippen LogP contribution in [-0.4, -0.2) is 5.91 Å². The molecular formula is C17H18N2O2. The zero-order chi connectivity index (χ0) is 14.7. The third-order valence-corrected chi connectivity index (χ3v) is 4.01. The fourth-order valence-corrected chi connectivity index (χ4v) is 2.97. The predicted molar refractivity (Wildman–Crippen MR) is 80.6 cm³/mol. The molecule has 1 atom stereocenters. The second-order valence-electron chi connectivity index (χ2n) is 5.29. The minimum Gasteiger partial charge on any atom is -0.459 e. The Morgan fingerprint density at radius 2 is 2.19 bits per heavy atom. The van der Waals surface area contributed by atoms with E-state index in [1.165, 1.54) is 17.4 Å². The van der Waals surface area contributed by atoms with Crippen molar-refractivity contribution < 1.29 is 9.21 Å². The Morgan fingerprint density at radius 1 is 1.33 bits per heavy atom. The summed E-state index contributed by atoms with van der Waals surface area (Å²) in [4.78, 5) is 12.0. The van der Waals surface area contributed by atoms with Gasteiger partial charge in [-0.05, 0) is 42.5 Å². The molecule has 1 amide bonds. The quantitative estimate of drug-likeness (QED) is 0.655. The Labute approximate surface area is 123 Å². The molecule has 2 N–H and O–H groups in total. The fraction of sp³-hybridized carbons (Fsp3) is 0.235. The summed E-state index contributed by atoms with van der Waals surface area (Å²) in [6.07, 6.45) is 6.04. The lowest BCUT2D eigenvalue weighted by Crippen LogP contribution is -2.50. The van der Waals surface area contributed by atoms with Crippen LogP contribution in [-0.2, 0) is 12.0 Å². The third-order valence-electron chi connectivity index (χ3n) is 4.01. The summed E-state index contributed by atoms with van der Waals surface area (Å²) in [5.74, 6) is 0.0235. The molecule has 1 aromatic carbocycles. The van der Waals surface area contributed by atoms with Crippen molar-refractivity contribution in [1.29, 1.82) is 0 Å². The first kappa shape index (κ1) is 13.6. The molecule has 0 bridgehead atoms. The lowest BCUT2D eigenvalue weighted by atomic mass is 9.89. The van der Waals surface area contributed by atoms with E-state index in [2.05, 4.69) is 29.6 Å². The summed E-state index contributed by atoms with van der Waals surface area (Å²) < 4.78 is 5.10. The van der Waals surface area contributed by atoms with Crippen LogP contribution in [0, 0.1) is 0 Å². The highest BCUT2D eigenvalue weighted by Gasteiger charge is 2.37. The van der Waals surface area contributed by atoms with Crippen molar-refractivity contribution in [3.05, 3.63) is 72.2 Å². The summed E-state index contributed by atoms with van der Waals surface area (Å²) in [7, 11) is 0. The monoisotopic (exact) mass is 282 g/mol. The van der Waals surface area contributed by atoms with Gasteiger partial charge in [-0.15, -0.1) is 6.58 Å². The summed E-state index contributed by atoms with van der Waals surface area (Å²) >= 11 is 0. The summed E-state index contributed by atoms with van der Waals surface area (Å²) in [5.41, 5.74) is 8.23. The van der Waals surface area contributed by atoms with E-state index in [4.69, 9.17) is 4.42 Å². The highest BCUT2D eigenvalue weighted by molar-refractivity contribution is 5.91. The number of carbonyl (C=O) groups excluding carboxylic acids is 1. The van der Waals surface area contributed by atoms with E-state index in [1.807, 2.05) is 18.2 Å². The van der Waals surface area contributed by atoms with Crippen molar-refractivity contribution in [2.24, 2.45) is 0 Å². The topological polar surface area (TPSA) is 54.3 Å². The van der Waals surface area contributed by atoms with Crippen molar-refractivity contribution in [2.75, 3.05) is 0 Å². The Hall–Kier alpha value is -2.33. The lowest BCUT2D eigenvalue weighted by Gasteiger charge is -2.30. The van der Waals surface area contributed by atoms with Gasteiger partial charge >= 0.3 is 5.91 Å². The number of aryl methyl sites for hydroxylation is 1. The Kier molecular flexibility index (Phi) is 3.62. The van der Waals surface area contributed by atoms with Crippen LogP contribution in [0.15, 0.2) is 59.7 Å². The smallest absolute Gasteiger partial charge is 0.301 e. The molecule has 0 spiro atoms. The van der Waals surface area contributed by atoms with Gasteiger partial charge < -0.3 is 4.42 Å². The molecule has 108 valence electrons. The van der Waals surface area contributed by atoms with Gasteiger partial charge in [0.05, 0.1) is 11.8 Å². The molecule has 0 saturated heterocycles. The molecule has 0 saturated carbocycles. The second kappa shape index (κ2) is 5.58. The van der Waals surface area contributed by atoms with Crippen LogP contribution in [0.25, 0.3) is 0 Å². The minimum atomic E-state index is -0.291. The van der Waals surface area contributed by atoms with Gasteiger partial charge in [0.25, 0.3) is 0 Å². The SMILES string of the molecule is C=CCC1(NNC(=O)c2ccco2)CCc2ccccc21. The van der Waals surface area contributed by atoms with Crippen molar-refractivity contribution in [3.63, 3.8) is 0 Å². The van der Waals surface area contributed by atoms with Crippen molar-refractivity contribution in [2.45, 2.75) is 24.8 Å². The van der Waals surface area contributed by atoms with Crippen LogP contribution in [0.5, 0.6) is 0 Å². The van der Waals surface area contributed by atoms with Gasteiger partial charge in [-0.25, -0.2) is 5.43 Å². The molecular weight excluding hydrogens is 264 g/mol. The summed E-state index contributed by atoms with van der Waals surface area (Å²) in [6, 6.07) is 11.6. The number of hydrazine groups is 1. The van der Waals surface area contributed by atoms with Crippen LogP contribution in [0.4, 0.5) is 0 Å².